The number of hydrogen-bond acceptors (Lipinski definition) is 3. The standard InChI is InChI=1S/C10H11BrFN3O/c1-6-10(16)13-2-3-15(6)9-8(12)4-7(11)5-14-9/h4-6H,2-3H2,1H3,(H,13,16). The number of hydrogen-bond donors (Lipinski definition) is 1. The average Bonchev–Trinajstić information content (AvgIpc) is 2.23. The van der Waals surface area contributed by atoms with Crippen LogP contribution in [-0.2, 0) is 4.79 Å². The molecule has 1 aliphatic rings. The predicted octanol–water partition coefficient (Wildman–Crippen LogP) is 1.31. The number of anilines is 1. The molecule has 1 aliphatic heterocycles. The van der Waals surface area contributed by atoms with E-state index in [1.54, 1.807) is 11.8 Å². The third kappa shape index (κ3) is 2.02. The number of aromatic nitrogens is 1. The van der Waals surface area contributed by atoms with Crippen LogP contribution in [0.15, 0.2) is 16.7 Å². The van der Waals surface area contributed by atoms with Crippen LogP contribution in [0.25, 0.3) is 0 Å². The van der Waals surface area contributed by atoms with E-state index in [0.717, 1.165) is 0 Å². The molecule has 1 amide bonds. The second-order valence-corrected chi connectivity index (χ2v) is 4.54. The molecule has 6 heteroatoms. The molecule has 1 unspecified atom stereocenters. The van der Waals surface area contributed by atoms with Crippen LogP contribution in [0.1, 0.15) is 6.92 Å². The number of pyridine rings is 1. The summed E-state index contributed by atoms with van der Waals surface area (Å²) >= 11 is 3.15. The zero-order valence-corrected chi connectivity index (χ0v) is 10.3. The van der Waals surface area contributed by atoms with E-state index in [4.69, 9.17) is 0 Å². The molecule has 0 spiro atoms. The maximum atomic E-state index is 13.7. The summed E-state index contributed by atoms with van der Waals surface area (Å²) in [5, 5.41) is 2.72. The molecular weight excluding hydrogens is 277 g/mol. The lowest BCUT2D eigenvalue weighted by Gasteiger charge is -2.33. The van der Waals surface area contributed by atoms with Gasteiger partial charge in [0.05, 0.1) is 0 Å². The molecule has 0 radical (unpaired) electrons. The van der Waals surface area contributed by atoms with Gasteiger partial charge in [-0.25, -0.2) is 9.37 Å². The highest BCUT2D eigenvalue weighted by Crippen LogP contribution is 2.22. The van der Waals surface area contributed by atoms with Crippen LogP contribution in [0.3, 0.4) is 0 Å². The van der Waals surface area contributed by atoms with Crippen molar-refractivity contribution in [2.75, 3.05) is 18.0 Å². The van der Waals surface area contributed by atoms with Gasteiger partial charge in [0, 0.05) is 23.8 Å². The van der Waals surface area contributed by atoms with Crippen molar-refractivity contribution in [2.24, 2.45) is 0 Å². The fourth-order valence-electron chi connectivity index (χ4n) is 1.69. The van der Waals surface area contributed by atoms with E-state index in [9.17, 15) is 9.18 Å². The van der Waals surface area contributed by atoms with Gasteiger partial charge in [0.2, 0.25) is 5.91 Å². The van der Waals surface area contributed by atoms with Crippen molar-refractivity contribution >= 4 is 27.7 Å². The lowest BCUT2D eigenvalue weighted by atomic mass is 10.2. The fraction of sp³-hybridized carbons (Fsp3) is 0.400. The molecule has 0 aromatic carbocycles. The highest BCUT2D eigenvalue weighted by molar-refractivity contribution is 9.10. The SMILES string of the molecule is CC1C(=O)NCCN1c1ncc(Br)cc1F. The summed E-state index contributed by atoms with van der Waals surface area (Å²) in [7, 11) is 0. The van der Waals surface area contributed by atoms with Crippen molar-refractivity contribution in [3.05, 3.63) is 22.6 Å². The van der Waals surface area contributed by atoms with Gasteiger partial charge in [-0.05, 0) is 28.9 Å². The van der Waals surface area contributed by atoms with Crippen molar-refractivity contribution in [3.63, 3.8) is 0 Å². The highest BCUT2D eigenvalue weighted by atomic mass is 79.9. The molecule has 1 aromatic rings. The third-order valence-electron chi connectivity index (χ3n) is 2.56. The van der Waals surface area contributed by atoms with Gasteiger partial charge in [-0.1, -0.05) is 0 Å². The Kier molecular flexibility index (Phi) is 3.09. The highest BCUT2D eigenvalue weighted by Gasteiger charge is 2.28. The Morgan fingerprint density at radius 2 is 2.44 bits per heavy atom. The minimum Gasteiger partial charge on any atom is -0.353 e. The molecule has 2 rings (SSSR count). The summed E-state index contributed by atoms with van der Waals surface area (Å²) in [6.07, 6.45) is 1.53. The van der Waals surface area contributed by atoms with E-state index in [1.165, 1.54) is 12.3 Å². The molecule has 2 heterocycles. The molecule has 86 valence electrons. The van der Waals surface area contributed by atoms with Crippen LogP contribution < -0.4 is 10.2 Å². The van der Waals surface area contributed by atoms with Crippen molar-refractivity contribution in [2.45, 2.75) is 13.0 Å². The quantitative estimate of drug-likeness (QED) is 0.847. The number of piperazine rings is 1. The molecular formula is C10H11BrFN3O. The number of nitrogens with one attached hydrogen (secondary N) is 1. The second kappa shape index (κ2) is 4.37. The lowest BCUT2D eigenvalue weighted by Crippen LogP contribution is -2.54. The second-order valence-electron chi connectivity index (χ2n) is 3.62. The van der Waals surface area contributed by atoms with Crippen LogP contribution in [0.2, 0.25) is 0 Å². The van der Waals surface area contributed by atoms with Crippen molar-refractivity contribution in [1.82, 2.24) is 10.3 Å². The molecule has 1 fully saturated rings. The van der Waals surface area contributed by atoms with Gasteiger partial charge >= 0.3 is 0 Å². The van der Waals surface area contributed by atoms with Gasteiger partial charge in [-0.3, -0.25) is 4.79 Å². The Hall–Kier alpha value is -1.17. The topological polar surface area (TPSA) is 45.2 Å². The van der Waals surface area contributed by atoms with Crippen LogP contribution >= 0.6 is 15.9 Å². The number of nitrogens with zero attached hydrogens (tertiary/aromatic N) is 2. The molecule has 4 nitrogen and oxygen atoms in total. The third-order valence-corrected chi connectivity index (χ3v) is 2.99. The maximum absolute atomic E-state index is 13.7. The summed E-state index contributed by atoms with van der Waals surface area (Å²) in [5.74, 6) is -0.295. The smallest absolute Gasteiger partial charge is 0.242 e. The van der Waals surface area contributed by atoms with Gasteiger partial charge in [0.1, 0.15) is 6.04 Å². The number of rotatable bonds is 1. The van der Waals surface area contributed by atoms with E-state index in [1.807, 2.05) is 0 Å². The van der Waals surface area contributed by atoms with Gasteiger partial charge in [-0.2, -0.15) is 0 Å². The van der Waals surface area contributed by atoms with Crippen LogP contribution in [0.4, 0.5) is 10.2 Å². The van der Waals surface area contributed by atoms with Crippen molar-refractivity contribution in [3.8, 4) is 0 Å². The van der Waals surface area contributed by atoms with E-state index < -0.39 is 11.9 Å². The summed E-state index contributed by atoms with van der Waals surface area (Å²) in [6.45, 7) is 2.82. The van der Waals surface area contributed by atoms with Crippen molar-refractivity contribution in [1.29, 1.82) is 0 Å². The van der Waals surface area contributed by atoms with Gasteiger partial charge < -0.3 is 10.2 Å². The average molecular weight is 288 g/mol. The van der Waals surface area contributed by atoms with Crippen molar-refractivity contribution < 1.29 is 9.18 Å². The van der Waals surface area contributed by atoms with E-state index in [-0.39, 0.29) is 11.7 Å². The Morgan fingerprint density at radius 1 is 1.69 bits per heavy atom. The Labute approximate surface area is 101 Å². The number of carbonyl (C=O) groups excluding carboxylic acids is 1. The molecule has 0 bridgehead atoms. The molecule has 0 saturated carbocycles. The molecule has 1 saturated heterocycles. The molecule has 1 N–H and O–H groups in total. The first kappa shape index (κ1) is 11.3. The monoisotopic (exact) mass is 287 g/mol. The maximum Gasteiger partial charge on any atom is 0.242 e. The number of carbonyl (C=O) groups is 1. The molecule has 1 aromatic heterocycles. The zero-order valence-electron chi connectivity index (χ0n) is 8.70. The van der Waals surface area contributed by atoms with Crippen LogP contribution in [-0.4, -0.2) is 30.0 Å². The normalized spacial score (nSPS) is 20.8. The van der Waals surface area contributed by atoms with Gasteiger partial charge in [-0.15, -0.1) is 0 Å². The van der Waals surface area contributed by atoms with E-state index in [2.05, 4.69) is 26.2 Å². The van der Waals surface area contributed by atoms with Gasteiger partial charge in [0.15, 0.2) is 11.6 Å². The Morgan fingerprint density at radius 3 is 3.12 bits per heavy atom. The first-order valence-corrected chi connectivity index (χ1v) is 5.74. The Balaban J connectivity index is 2.32. The molecule has 16 heavy (non-hydrogen) atoms. The minimum atomic E-state index is -0.420. The van der Waals surface area contributed by atoms with Gasteiger partial charge in [0.25, 0.3) is 0 Å². The summed E-state index contributed by atoms with van der Waals surface area (Å²) < 4.78 is 14.3. The first-order chi connectivity index (χ1) is 7.59. The number of halogens is 2. The van der Waals surface area contributed by atoms with Crippen LogP contribution in [0.5, 0.6) is 0 Å². The fourth-order valence-corrected chi connectivity index (χ4v) is 1.99. The Bertz CT molecular complexity index is 427. The molecule has 1 atom stereocenters. The molecule has 0 aliphatic carbocycles. The summed E-state index contributed by atoms with van der Waals surface area (Å²) in [6, 6.07) is 0.957. The van der Waals surface area contributed by atoms with E-state index in [0.29, 0.717) is 17.6 Å². The summed E-state index contributed by atoms with van der Waals surface area (Å²) in [5.41, 5.74) is 0. The first-order valence-electron chi connectivity index (χ1n) is 4.95. The number of amides is 1. The largest absolute Gasteiger partial charge is 0.353 e. The predicted molar refractivity (Wildman–Crippen MR) is 61.7 cm³/mol. The lowest BCUT2D eigenvalue weighted by molar-refractivity contribution is -0.122. The van der Waals surface area contributed by atoms with E-state index >= 15 is 0 Å². The zero-order chi connectivity index (χ0) is 11.7. The van der Waals surface area contributed by atoms with Crippen LogP contribution in [0, 0.1) is 5.82 Å². The minimum absolute atomic E-state index is 0.102. The summed E-state index contributed by atoms with van der Waals surface area (Å²) in [4.78, 5) is 17.1.